The van der Waals surface area contributed by atoms with E-state index in [1.165, 1.54) is 28.4 Å². The zero-order valence-corrected chi connectivity index (χ0v) is 18.7. The van der Waals surface area contributed by atoms with Gasteiger partial charge in [-0.1, -0.05) is 6.07 Å². The minimum atomic E-state index is -4.67. The highest BCUT2D eigenvalue weighted by Gasteiger charge is 2.44. The summed E-state index contributed by atoms with van der Waals surface area (Å²) in [5.74, 6) is 0.694. The molecule has 1 aromatic carbocycles. The number of benzene rings is 1. The topological polar surface area (TPSA) is 81.3 Å². The molecule has 33 heavy (non-hydrogen) atoms. The number of likely N-dealkylation sites (tertiary alicyclic amines) is 1. The maximum absolute atomic E-state index is 13.9. The van der Waals surface area contributed by atoms with E-state index in [1.54, 1.807) is 6.92 Å². The third kappa shape index (κ3) is 4.17. The fourth-order valence-electron chi connectivity index (χ4n) is 4.94. The van der Waals surface area contributed by atoms with E-state index in [2.05, 4.69) is 9.97 Å². The summed E-state index contributed by atoms with van der Waals surface area (Å²) in [6.45, 7) is 2.49. The standard InChI is InChI=1S/C23H23F3N4O2S/c1-12-28-20(16-6-7-33-21(16)29-12)32-11-13-2-4-15(18(8-13)23(24,25)26)22(31)30-9-14-3-5-19(27)17(14)10-30/h2,4,6-8,14,17,19H,3,5,9-11,27H2,1H3. The predicted octanol–water partition coefficient (Wildman–Crippen LogP) is 4.41. The fraction of sp³-hybridized carbons (Fsp3) is 0.435. The number of fused-ring (bicyclic) bond motifs is 2. The molecule has 3 unspecified atom stereocenters. The lowest BCUT2D eigenvalue weighted by molar-refractivity contribution is -0.138. The zero-order chi connectivity index (χ0) is 23.3. The quantitative estimate of drug-likeness (QED) is 0.604. The number of nitrogens with two attached hydrogens (primary N) is 1. The van der Waals surface area contributed by atoms with Gasteiger partial charge in [0.05, 0.1) is 16.5 Å². The van der Waals surface area contributed by atoms with Gasteiger partial charge in [-0.2, -0.15) is 18.2 Å². The number of hydrogen-bond acceptors (Lipinski definition) is 6. The Labute approximate surface area is 192 Å². The molecule has 3 atom stereocenters. The molecular formula is C23H23F3N4O2S. The molecule has 1 aliphatic heterocycles. The Morgan fingerprint density at radius 2 is 2.06 bits per heavy atom. The van der Waals surface area contributed by atoms with Gasteiger partial charge in [-0.05, 0) is 60.7 Å². The van der Waals surface area contributed by atoms with E-state index in [0.29, 0.717) is 35.7 Å². The number of rotatable bonds is 4. The fourth-order valence-corrected chi connectivity index (χ4v) is 5.74. The summed E-state index contributed by atoms with van der Waals surface area (Å²) >= 11 is 1.44. The van der Waals surface area contributed by atoms with Crippen LogP contribution in [0.3, 0.4) is 0 Å². The molecule has 1 saturated heterocycles. The van der Waals surface area contributed by atoms with Crippen LogP contribution < -0.4 is 10.5 Å². The second-order valence-corrected chi connectivity index (χ2v) is 9.65. The number of hydrogen-bond donors (Lipinski definition) is 1. The lowest BCUT2D eigenvalue weighted by atomic mass is 9.98. The predicted molar refractivity (Wildman–Crippen MR) is 118 cm³/mol. The van der Waals surface area contributed by atoms with Crippen molar-refractivity contribution in [2.75, 3.05) is 13.1 Å². The van der Waals surface area contributed by atoms with E-state index in [9.17, 15) is 18.0 Å². The second-order valence-electron chi connectivity index (χ2n) is 8.76. The molecule has 2 fully saturated rings. The average Bonchev–Trinajstić information content (AvgIpc) is 3.48. The largest absolute Gasteiger partial charge is 0.472 e. The number of carbonyl (C=O) groups excluding carboxylic acids is 1. The minimum Gasteiger partial charge on any atom is -0.472 e. The summed E-state index contributed by atoms with van der Waals surface area (Å²) in [6, 6.07) is 5.58. The SMILES string of the molecule is Cc1nc(OCc2ccc(C(=O)N3CC4CCC(N)C4C3)c(C(F)(F)F)c2)c2ccsc2n1. The number of aryl methyl sites for hydroxylation is 1. The maximum atomic E-state index is 13.9. The summed E-state index contributed by atoms with van der Waals surface area (Å²) in [5, 5.41) is 2.57. The van der Waals surface area contributed by atoms with Gasteiger partial charge in [0.2, 0.25) is 5.88 Å². The molecule has 2 N–H and O–H groups in total. The van der Waals surface area contributed by atoms with Crippen LogP contribution in [0.2, 0.25) is 0 Å². The van der Waals surface area contributed by atoms with Gasteiger partial charge in [0.15, 0.2) is 0 Å². The van der Waals surface area contributed by atoms with E-state index in [4.69, 9.17) is 10.5 Å². The summed E-state index contributed by atoms with van der Waals surface area (Å²) in [4.78, 5) is 23.9. The van der Waals surface area contributed by atoms with Crippen LogP contribution in [0.1, 0.15) is 40.2 Å². The van der Waals surface area contributed by atoms with Gasteiger partial charge in [-0.25, -0.2) is 4.98 Å². The average molecular weight is 477 g/mol. The van der Waals surface area contributed by atoms with Crippen molar-refractivity contribution < 1.29 is 22.7 Å². The van der Waals surface area contributed by atoms with Gasteiger partial charge in [0, 0.05) is 19.1 Å². The Morgan fingerprint density at radius 1 is 1.24 bits per heavy atom. The molecule has 174 valence electrons. The number of thiophene rings is 1. The molecule has 0 spiro atoms. The van der Waals surface area contributed by atoms with E-state index < -0.39 is 17.6 Å². The third-order valence-electron chi connectivity index (χ3n) is 6.60. The molecule has 5 rings (SSSR count). The van der Waals surface area contributed by atoms with Gasteiger partial charge in [0.25, 0.3) is 5.91 Å². The van der Waals surface area contributed by atoms with Crippen molar-refractivity contribution in [3.05, 3.63) is 52.2 Å². The number of ether oxygens (including phenoxy) is 1. The Balaban J connectivity index is 1.38. The number of carbonyl (C=O) groups is 1. The Bertz CT molecular complexity index is 1210. The first-order chi connectivity index (χ1) is 15.7. The summed E-state index contributed by atoms with van der Waals surface area (Å²) in [5.41, 5.74) is 5.14. The van der Waals surface area contributed by atoms with Crippen molar-refractivity contribution in [1.82, 2.24) is 14.9 Å². The first-order valence-electron chi connectivity index (χ1n) is 10.8. The monoisotopic (exact) mass is 476 g/mol. The maximum Gasteiger partial charge on any atom is 0.417 e. The van der Waals surface area contributed by atoms with Crippen LogP contribution in [0.25, 0.3) is 10.2 Å². The van der Waals surface area contributed by atoms with E-state index in [0.717, 1.165) is 23.7 Å². The number of aromatic nitrogens is 2. The lowest BCUT2D eigenvalue weighted by Crippen LogP contribution is -2.34. The van der Waals surface area contributed by atoms with Crippen LogP contribution in [0.5, 0.6) is 5.88 Å². The van der Waals surface area contributed by atoms with Crippen LogP contribution in [0, 0.1) is 18.8 Å². The summed E-state index contributed by atoms with van der Waals surface area (Å²) in [7, 11) is 0. The van der Waals surface area contributed by atoms with Crippen LogP contribution in [0.4, 0.5) is 13.2 Å². The molecular weight excluding hydrogens is 453 g/mol. The van der Waals surface area contributed by atoms with Gasteiger partial charge < -0.3 is 15.4 Å². The number of alkyl halides is 3. The minimum absolute atomic E-state index is 0.00883. The molecule has 1 saturated carbocycles. The Kier molecular flexibility index (Phi) is 5.52. The highest BCUT2D eigenvalue weighted by molar-refractivity contribution is 7.16. The summed E-state index contributed by atoms with van der Waals surface area (Å²) < 4.78 is 47.5. The normalized spacial score (nSPS) is 22.7. The molecule has 1 aliphatic carbocycles. The Morgan fingerprint density at radius 3 is 2.82 bits per heavy atom. The van der Waals surface area contributed by atoms with Crippen LogP contribution in [-0.4, -0.2) is 39.9 Å². The van der Waals surface area contributed by atoms with Crippen molar-refractivity contribution in [3.8, 4) is 5.88 Å². The highest BCUT2D eigenvalue weighted by Crippen LogP contribution is 2.39. The third-order valence-corrected chi connectivity index (χ3v) is 7.40. The first-order valence-corrected chi connectivity index (χ1v) is 11.7. The molecule has 0 radical (unpaired) electrons. The molecule has 3 aromatic rings. The van der Waals surface area contributed by atoms with Crippen molar-refractivity contribution in [1.29, 1.82) is 0 Å². The molecule has 0 bridgehead atoms. The lowest BCUT2D eigenvalue weighted by Gasteiger charge is -2.21. The van der Waals surface area contributed by atoms with Crippen LogP contribution in [-0.2, 0) is 12.8 Å². The molecule has 6 nitrogen and oxygen atoms in total. The van der Waals surface area contributed by atoms with Crippen molar-refractivity contribution in [3.63, 3.8) is 0 Å². The van der Waals surface area contributed by atoms with Crippen molar-refractivity contribution >= 4 is 27.5 Å². The number of nitrogens with zero attached hydrogens (tertiary/aromatic N) is 3. The number of halogens is 3. The van der Waals surface area contributed by atoms with Gasteiger partial charge >= 0.3 is 6.18 Å². The highest BCUT2D eigenvalue weighted by atomic mass is 32.1. The molecule has 10 heteroatoms. The van der Waals surface area contributed by atoms with E-state index in [1.807, 2.05) is 11.4 Å². The smallest absolute Gasteiger partial charge is 0.417 e. The summed E-state index contributed by atoms with van der Waals surface area (Å²) in [6.07, 6.45) is -2.85. The van der Waals surface area contributed by atoms with Gasteiger partial charge in [-0.3, -0.25) is 4.79 Å². The van der Waals surface area contributed by atoms with Crippen molar-refractivity contribution in [2.24, 2.45) is 17.6 Å². The molecule has 2 aliphatic rings. The van der Waals surface area contributed by atoms with E-state index in [-0.39, 0.29) is 30.0 Å². The van der Waals surface area contributed by atoms with Crippen LogP contribution >= 0.6 is 11.3 Å². The van der Waals surface area contributed by atoms with Gasteiger partial charge in [0.1, 0.15) is 17.3 Å². The van der Waals surface area contributed by atoms with Gasteiger partial charge in [-0.15, -0.1) is 11.3 Å². The molecule has 2 aromatic heterocycles. The van der Waals surface area contributed by atoms with Crippen molar-refractivity contribution in [2.45, 2.75) is 38.6 Å². The second kappa shape index (κ2) is 8.25. The molecule has 3 heterocycles. The van der Waals surface area contributed by atoms with E-state index >= 15 is 0 Å². The molecule has 1 amide bonds. The zero-order valence-electron chi connectivity index (χ0n) is 17.9. The Hall–Kier alpha value is -2.72. The van der Waals surface area contributed by atoms with Crippen LogP contribution in [0.15, 0.2) is 29.6 Å². The number of amides is 1. The first kappa shape index (κ1) is 22.1.